The van der Waals surface area contributed by atoms with Crippen LogP contribution in [0.15, 0.2) is 23.1 Å². The number of sulfonamides is 1. The molecule has 1 heterocycles. The summed E-state index contributed by atoms with van der Waals surface area (Å²) >= 11 is 5.77. The Balaban J connectivity index is 2.30. The molecule has 0 aromatic heterocycles. The fraction of sp³-hybridized carbons (Fsp3) is 0.455. The molecule has 0 radical (unpaired) electrons. The zero-order chi connectivity index (χ0) is 13.4. The maximum atomic E-state index is 12.9. The fourth-order valence-corrected chi connectivity index (χ4v) is 3.94. The van der Waals surface area contributed by atoms with Crippen LogP contribution >= 0.6 is 11.6 Å². The van der Waals surface area contributed by atoms with Crippen LogP contribution in [0, 0.1) is 5.82 Å². The lowest BCUT2D eigenvalue weighted by atomic mass is 10.0. The molecule has 0 bridgehead atoms. The molecule has 1 unspecified atom stereocenters. The van der Waals surface area contributed by atoms with Gasteiger partial charge in [0.2, 0.25) is 10.0 Å². The molecule has 1 fully saturated rings. The Labute approximate surface area is 111 Å². The third-order valence-corrected chi connectivity index (χ3v) is 5.05. The zero-order valence-corrected chi connectivity index (χ0v) is 11.4. The van der Waals surface area contributed by atoms with Gasteiger partial charge in [0.15, 0.2) is 0 Å². The van der Waals surface area contributed by atoms with E-state index < -0.39 is 21.4 Å². The molecular formula is C11H14ClFN2O2S. The topological polar surface area (TPSA) is 58.2 Å². The first-order valence-corrected chi connectivity index (χ1v) is 7.38. The number of halogens is 2. The minimum atomic E-state index is -3.74. The summed E-state index contributed by atoms with van der Waals surface area (Å²) < 4.78 is 39.9. The lowest BCUT2D eigenvalue weighted by Crippen LogP contribution is -2.47. The lowest BCUT2D eigenvalue weighted by molar-refractivity contribution is 0.452. The minimum Gasteiger partial charge on any atom is -0.315 e. The van der Waals surface area contributed by atoms with Crippen molar-refractivity contribution < 1.29 is 12.8 Å². The smallest absolute Gasteiger partial charge is 0.242 e. The van der Waals surface area contributed by atoms with E-state index in [0.29, 0.717) is 13.0 Å². The standard InChI is InChI=1S/C11H14ClFN2O2S/c1-11(4-5-14-7-11)15-18(16,17)10-3-2-8(13)6-9(10)12/h2-3,6,14-15H,4-5,7H2,1H3. The largest absolute Gasteiger partial charge is 0.315 e. The Morgan fingerprint density at radius 3 is 2.78 bits per heavy atom. The van der Waals surface area contributed by atoms with E-state index in [-0.39, 0.29) is 9.92 Å². The molecule has 7 heteroatoms. The van der Waals surface area contributed by atoms with Crippen LogP contribution in [-0.2, 0) is 10.0 Å². The first-order chi connectivity index (χ1) is 8.32. The van der Waals surface area contributed by atoms with Gasteiger partial charge in [-0.25, -0.2) is 17.5 Å². The number of hydrogen-bond acceptors (Lipinski definition) is 3. The highest BCUT2D eigenvalue weighted by Crippen LogP contribution is 2.24. The van der Waals surface area contributed by atoms with Crippen LogP contribution in [0.3, 0.4) is 0 Å². The van der Waals surface area contributed by atoms with E-state index in [1.807, 2.05) is 6.92 Å². The molecule has 1 aliphatic heterocycles. The molecule has 100 valence electrons. The summed E-state index contributed by atoms with van der Waals surface area (Å²) in [6.45, 7) is 3.14. The van der Waals surface area contributed by atoms with Crippen molar-refractivity contribution in [3.05, 3.63) is 29.0 Å². The maximum Gasteiger partial charge on any atom is 0.242 e. The van der Waals surface area contributed by atoms with Crippen LogP contribution in [-0.4, -0.2) is 27.0 Å². The number of benzene rings is 1. The molecule has 2 rings (SSSR count). The molecule has 1 aromatic carbocycles. The molecule has 2 N–H and O–H groups in total. The average molecular weight is 293 g/mol. The zero-order valence-electron chi connectivity index (χ0n) is 9.83. The molecule has 1 aromatic rings. The summed E-state index contributed by atoms with van der Waals surface area (Å²) in [5, 5.41) is 2.98. The van der Waals surface area contributed by atoms with Gasteiger partial charge in [0.1, 0.15) is 10.7 Å². The Bertz CT molecular complexity index is 556. The molecule has 0 amide bonds. The van der Waals surface area contributed by atoms with Gasteiger partial charge in [0.25, 0.3) is 0 Å². The van der Waals surface area contributed by atoms with Crippen molar-refractivity contribution in [1.82, 2.24) is 10.0 Å². The number of rotatable bonds is 3. The van der Waals surface area contributed by atoms with Crippen molar-refractivity contribution in [3.63, 3.8) is 0 Å². The lowest BCUT2D eigenvalue weighted by Gasteiger charge is -2.24. The second-order valence-corrected chi connectivity index (χ2v) is 6.73. The molecule has 4 nitrogen and oxygen atoms in total. The van der Waals surface area contributed by atoms with Gasteiger partial charge in [-0.05, 0) is 38.1 Å². The van der Waals surface area contributed by atoms with Crippen LogP contribution in [0.4, 0.5) is 4.39 Å². The van der Waals surface area contributed by atoms with Crippen LogP contribution in [0.2, 0.25) is 5.02 Å². The maximum absolute atomic E-state index is 12.9. The van der Waals surface area contributed by atoms with Crippen molar-refractivity contribution in [1.29, 1.82) is 0 Å². The summed E-state index contributed by atoms with van der Waals surface area (Å²) in [4.78, 5) is -0.0984. The summed E-state index contributed by atoms with van der Waals surface area (Å²) in [5.74, 6) is -0.562. The number of nitrogens with one attached hydrogen (secondary N) is 2. The van der Waals surface area contributed by atoms with Gasteiger partial charge in [0.05, 0.1) is 5.02 Å². The molecule has 0 aliphatic carbocycles. The molecule has 0 saturated carbocycles. The highest BCUT2D eigenvalue weighted by molar-refractivity contribution is 7.89. The summed E-state index contributed by atoms with van der Waals surface area (Å²) in [7, 11) is -3.74. The van der Waals surface area contributed by atoms with E-state index >= 15 is 0 Å². The van der Waals surface area contributed by atoms with Crippen molar-refractivity contribution in [2.45, 2.75) is 23.8 Å². The quantitative estimate of drug-likeness (QED) is 0.888. The third-order valence-electron chi connectivity index (χ3n) is 2.93. The summed E-state index contributed by atoms with van der Waals surface area (Å²) in [6, 6.07) is 3.24. The normalized spacial score (nSPS) is 24.4. The highest BCUT2D eigenvalue weighted by Gasteiger charge is 2.34. The van der Waals surface area contributed by atoms with E-state index in [2.05, 4.69) is 10.0 Å². The predicted octanol–water partition coefficient (Wildman–Crippen LogP) is 1.51. The molecule has 0 spiro atoms. The second kappa shape index (κ2) is 4.77. The van der Waals surface area contributed by atoms with Crippen LogP contribution in [0.5, 0.6) is 0 Å². The van der Waals surface area contributed by atoms with Crippen LogP contribution in [0.1, 0.15) is 13.3 Å². The molecular weight excluding hydrogens is 279 g/mol. The summed E-state index contributed by atoms with van der Waals surface area (Å²) in [6.07, 6.45) is 0.699. The van der Waals surface area contributed by atoms with E-state index in [9.17, 15) is 12.8 Å². The van der Waals surface area contributed by atoms with Gasteiger partial charge < -0.3 is 5.32 Å². The van der Waals surface area contributed by atoms with Crippen LogP contribution in [0.25, 0.3) is 0 Å². The Hall–Kier alpha value is -0.690. The highest BCUT2D eigenvalue weighted by atomic mass is 35.5. The average Bonchev–Trinajstić information content (AvgIpc) is 2.62. The Kier molecular flexibility index (Phi) is 3.64. The minimum absolute atomic E-state index is 0.0984. The Morgan fingerprint density at radius 1 is 1.50 bits per heavy atom. The first-order valence-electron chi connectivity index (χ1n) is 5.52. The van der Waals surface area contributed by atoms with Gasteiger partial charge in [0, 0.05) is 12.1 Å². The summed E-state index contributed by atoms with van der Waals surface area (Å²) in [5.41, 5.74) is -0.531. The SMILES string of the molecule is CC1(NS(=O)(=O)c2ccc(F)cc2Cl)CCNC1. The fourth-order valence-electron chi connectivity index (χ4n) is 1.98. The predicted molar refractivity (Wildman–Crippen MR) is 67.6 cm³/mol. The molecule has 1 aliphatic rings. The first kappa shape index (κ1) is 13.7. The van der Waals surface area contributed by atoms with Crippen LogP contribution < -0.4 is 10.0 Å². The van der Waals surface area contributed by atoms with E-state index in [1.165, 1.54) is 6.07 Å². The van der Waals surface area contributed by atoms with Gasteiger partial charge in [-0.15, -0.1) is 0 Å². The van der Waals surface area contributed by atoms with E-state index in [4.69, 9.17) is 11.6 Å². The van der Waals surface area contributed by atoms with Gasteiger partial charge in [-0.1, -0.05) is 11.6 Å². The van der Waals surface area contributed by atoms with Crippen molar-refractivity contribution in [2.75, 3.05) is 13.1 Å². The van der Waals surface area contributed by atoms with Gasteiger partial charge in [-0.3, -0.25) is 0 Å². The molecule has 18 heavy (non-hydrogen) atoms. The second-order valence-electron chi connectivity index (χ2n) is 4.67. The Morgan fingerprint density at radius 2 is 2.22 bits per heavy atom. The van der Waals surface area contributed by atoms with Crippen molar-refractivity contribution >= 4 is 21.6 Å². The van der Waals surface area contributed by atoms with E-state index in [1.54, 1.807) is 0 Å². The van der Waals surface area contributed by atoms with Gasteiger partial charge >= 0.3 is 0 Å². The van der Waals surface area contributed by atoms with Crippen molar-refractivity contribution in [3.8, 4) is 0 Å². The molecule has 1 atom stereocenters. The number of hydrogen-bond donors (Lipinski definition) is 2. The van der Waals surface area contributed by atoms with Crippen molar-refractivity contribution in [2.24, 2.45) is 0 Å². The molecule has 1 saturated heterocycles. The van der Waals surface area contributed by atoms with Gasteiger partial charge in [-0.2, -0.15) is 0 Å². The van der Waals surface area contributed by atoms with E-state index in [0.717, 1.165) is 18.7 Å². The monoisotopic (exact) mass is 292 g/mol. The third kappa shape index (κ3) is 2.83.